The number of imide groups is 1. The van der Waals surface area contributed by atoms with Crippen LogP contribution in [0.1, 0.15) is 23.6 Å². The van der Waals surface area contributed by atoms with Gasteiger partial charge in [0, 0.05) is 4.47 Å². The van der Waals surface area contributed by atoms with Gasteiger partial charge in [0.1, 0.15) is 6.61 Å². The minimum Gasteiger partial charge on any atom is -0.490 e. The fourth-order valence-electron chi connectivity index (χ4n) is 4.12. The van der Waals surface area contributed by atoms with E-state index < -0.39 is 0 Å². The summed E-state index contributed by atoms with van der Waals surface area (Å²) in [5.41, 5.74) is 2.72. The Morgan fingerprint density at radius 2 is 1.66 bits per heavy atom. The molecule has 1 heterocycles. The molecule has 0 N–H and O–H groups in total. The molecule has 0 aliphatic carbocycles. The number of hydrogen-bond donors (Lipinski definition) is 0. The summed E-state index contributed by atoms with van der Waals surface area (Å²) in [6.07, 6.45) is 1.74. The van der Waals surface area contributed by atoms with Crippen LogP contribution in [-0.2, 0) is 17.9 Å². The number of fused-ring (bicyclic) bond motifs is 1. The van der Waals surface area contributed by atoms with Crippen molar-refractivity contribution in [3.8, 4) is 11.5 Å². The zero-order valence-corrected chi connectivity index (χ0v) is 25.0. The van der Waals surface area contributed by atoms with Gasteiger partial charge in [0.15, 0.2) is 11.5 Å². The summed E-state index contributed by atoms with van der Waals surface area (Å²) in [6.45, 7) is 3.02. The number of ether oxygens (including phenoxy) is 2. The lowest BCUT2D eigenvalue weighted by molar-refractivity contribution is -0.123. The van der Waals surface area contributed by atoms with Crippen LogP contribution in [0.5, 0.6) is 11.5 Å². The van der Waals surface area contributed by atoms with Crippen LogP contribution in [0.25, 0.3) is 16.8 Å². The molecule has 1 aliphatic rings. The highest BCUT2D eigenvalue weighted by Gasteiger charge is 2.35. The van der Waals surface area contributed by atoms with Gasteiger partial charge in [-0.3, -0.25) is 14.5 Å². The predicted molar refractivity (Wildman–Crippen MR) is 164 cm³/mol. The van der Waals surface area contributed by atoms with E-state index in [4.69, 9.17) is 9.47 Å². The molecular formula is C30H23BrINO4S. The smallest absolute Gasteiger partial charge is 0.293 e. The summed E-state index contributed by atoms with van der Waals surface area (Å²) >= 11 is 6.58. The maximum atomic E-state index is 13.1. The SMILES string of the molecule is CCOc1cc(/C=C2\SC(=O)N(Cc3ccc(Br)cc3)C2=O)cc(I)c1OCc1ccc2ccccc2c1. The Hall–Kier alpha value is -2.82. The number of nitrogens with zero attached hydrogens (tertiary/aromatic N) is 1. The molecule has 0 radical (unpaired) electrons. The molecule has 0 saturated carbocycles. The van der Waals surface area contributed by atoms with Crippen LogP contribution in [0.2, 0.25) is 0 Å². The lowest BCUT2D eigenvalue weighted by Gasteiger charge is -2.15. The third-order valence-corrected chi connectivity index (χ3v) is 8.19. The summed E-state index contributed by atoms with van der Waals surface area (Å²) in [4.78, 5) is 27.3. The molecule has 38 heavy (non-hydrogen) atoms. The predicted octanol–water partition coefficient (Wildman–Crippen LogP) is 8.42. The molecule has 5 rings (SSSR count). The van der Waals surface area contributed by atoms with Crippen LogP contribution < -0.4 is 9.47 Å². The van der Waals surface area contributed by atoms with E-state index in [2.05, 4.69) is 68.9 Å². The van der Waals surface area contributed by atoms with Crippen molar-refractivity contribution >= 4 is 78.3 Å². The van der Waals surface area contributed by atoms with E-state index in [1.165, 1.54) is 10.3 Å². The van der Waals surface area contributed by atoms with E-state index in [9.17, 15) is 9.59 Å². The van der Waals surface area contributed by atoms with E-state index in [0.717, 1.165) is 41.9 Å². The Labute approximate surface area is 247 Å². The van der Waals surface area contributed by atoms with Gasteiger partial charge in [-0.05, 0) is 105 Å². The standard InChI is InChI=1S/C30H23BrINO4S/c1-2-36-26-15-21(16-27-29(34)33(30(35)38-27)17-19-8-11-24(31)12-9-19)14-25(32)28(26)37-18-20-7-10-22-5-3-4-6-23(22)13-20/h3-16H,2,17-18H2,1H3/b27-16-. The molecule has 1 fully saturated rings. The first-order valence-electron chi connectivity index (χ1n) is 12.0. The summed E-state index contributed by atoms with van der Waals surface area (Å²) in [5.74, 6) is 0.953. The molecule has 0 atom stereocenters. The topological polar surface area (TPSA) is 55.8 Å². The van der Waals surface area contributed by atoms with Gasteiger partial charge in [0.2, 0.25) is 0 Å². The van der Waals surface area contributed by atoms with E-state index in [-0.39, 0.29) is 17.7 Å². The molecule has 1 saturated heterocycles. The zero-order chi connectivity index (χ0) is 26.6. The first kappa shape index (κ1) is 26.8. The molecule has 192 valence electrons. The van der Waals surface area contributed by atoms with Crippen molar-refractivity contribution in [3.63, 3.8) is 0 Å². The molecule has 0 spiro atoms. The van der Waals surface area contributed by atoms with Crippen molar-refractivity contribution in [1.82, 2.24) is 4.90 Å². The van der Waals surface area contributed by atoms with Gasteiger partial charge in [-0.25, -0.2) is 0 Å². The monoisotopic (exact) mass is 699 g/mol. The summed E-state index contributed by atoms with van der Waals surface area (Å²) in [6, 6.07) is 25.9. The minimum absolute atomic E-state index is 0.235. The third kappa shape index (κ3) is 6.08. The van der Waals surface area contributed by atoms with E-state index in [1.54, 1.807) is 6.08 Å². The molecule has 0 aromatic heterocycles. The van der Waals surface area contributed by atoms with Crippen molar-refractivity contribution in [1.29, 1.82) is 0 Å². The number of benzene rings is 4. The number of rotatable bonds is 8. The number of amides is 2. The van der Waals surface area contributed by atoms with Crippen LogP contribution in [0.4, 0.5) is 4.79 Å². The van der Waals surface area contributed by atoms with E-state index in [0.29, 0.717) is 29.6 Å². The van der Waals surface area contributed by atoms with Gasteiger partial charge in [-0.15, -0.1) is 0 Å². The zero-order valence-electron chi connectivity index (χ0n) is 20.4. The highest BCUT2D eigenvalue weighted by atomic mass is 127. The normalized spacial score (nSPS) is 14.5. The summed E-state index contributed by atoms with van der Waals surface area (Å²) < 4.78 is 13.9. The Morgan fingerprint density at radius 3 is 2.42 bits per heavy atom. The Balaban J connectivity index is 1.35. The maximum Gasteiger partial charge on any atom is 0.293 e. The van der Waals surface area contributed by atoms with Gasteiger partial charge in [-0.1, -0.05) is 64.5 Å². The number of carbonyl (C=O) groups excluding carboxylic acids is 2. The van der Waals surface area contributed by atoms with Crippen molar-refractivity contribution in [2.75, 3.05) is 6.61 Å². The molecular weight excluding hydrogens is 677 g/mol. The minimum atomic E-state index is -0.299. The van der Waals surface area contributed by atoms with Gasteiger partial charge >= 0.3 is 0 Å². The number of carbonyl (C=O) groups is 2. The lowest BCUT2D eigenvalue weighted by atomic mass is 10.1. The quantitative estimate of drug-likeness (QED) is 0.137. The Kier molecular flexibility index (Phi) is 8.40. The lowest BCUT2D eigenvalue weighted by Crippen LogP contribution is -2.27. The second-order valence-electron chi connectivity index (χ2n) is 8.63. The average molecular weight is 700 g/mol. The molecule has 0 unspecified atom stereocenters. The van der Waals surface area contributed by atoms with Gasteiger partial charge in [0.05, 0.1) is 21.6 Å². The fourth-order valence-corrected chi connectivity index (χ4v) is 6.00. The van der Waals surface area contributed by atoms with Crippen molar-refractivity contribution < 1.29 is 19.1 Å². The summed E-state index contributed by atoms with van der Waals surface area (Å²) in [7, 11) is 0. The van der Waals surface area contributed by atoms with Crippen LogP contribution in [0.15, 0.2) is 88.2 Å². The second kappa shape index (κ2) is 11.9. The number of thioether (sulfide) groups is 1. The molecule has 5 nitrogen and oxygen atoms in total. The highest BCUT2D eigenvalue weighted by molar-refractivity contribution is 14.1. The maximum absolute atomic E-state index is 13.1. The number of hydrogen-bond acceptors (Lipinski definition) is 5. The first-order chi connectivity index (χ1) is 18.4. The van der Waals surface area contributed by atoms with Crippen molar-refractivity contribution in [3.05, 3.63) is 109 Å². The van der Waals surface area contributed by atoms with Gasteiger partial charge in [0.25, 0.3) is 11.1 Å². The molecule has 4 aromatic carbocycles. The second-order valence-corrected chi connectivity index (χ2v) is 11.7. The molecule has 4 aromatic rings. The molecule has 1 aliphatic heterocycles. The largest absolute Gasteiger partial charge is 0.490 e. The van der Waals surface area contributed by atoms with Crippen LogP contribution in [0.3, 0.4) is 0 Å². The molecule has 0 bridgehead atoms. The van der Waals surface area contributed by atoms with E-state index in [1.807, 2.05) is 55.5 Å². The van der Waals surface area contributed by atoms with Gasteiger partial charge in [-0.2, -0.15) is 0 Å². The number of halogens is 2. The van der Waals surface area contributed by atoms with Crippen LogP contribution >= 0.6 is 50.3 Å². The van der Waals surface area contributed by atoms with Crippen LogP contribution in [-0.4, -0.2) is 22.7 Å². The van der Waals surface area contributed by atoms with Crippen molar-refractivity contribution in [2.24, 2.45) is 0 Å². The highest BCUT2D eigenvalue weighted by Crippen LogP contribution is 2.38. The fraction of sp³-hybridized carbons (Fsp3) is 0.133. The third-order valence-electron chi connectivity index (χ3n) is 5.95. The molecule has 2 amide bonds. The average Bonchev–Trinajstić information content (AvgIpc) is 3.16. The molecule has 8 heteroatoms. The Bertz CT molecular complexity index is 1550. The first-order valence-corrected chi connectivity index (χ1v) is 14.7. The van der Waals surface area contributed by atoms with Gasteiger partial charge < -0.3 is 9.47 Å². The Morgan fingerprint density at radius 1 is 0.921 bits per heavy atom. The van der Waals surface area contributed by atoms with Crippen molar-refractivity contribution in [2.45, 2.75) is 20.1 Å². The van der Waals surface area contributed by atoms with Crippen LogP contribution in [0, 0.1) is 3.57 Å². The summed E-state index contributed by atoms with van der Waals surface area (Å²) in [5, 5.41) is 2.07. The van der Waals surface area contributed by atoms with E-state index >= 15 is 0 Å².